The van der Waals surface area contributed by atoms with Crippen LogP contribution in [0.5, 0.6) is 0 Å². The van der Waals surface area contributed by atoms with Gasteiger partial charge in [0.05, 0.1) is 10.7 Å². The van der Waals surface area contributed by atoms with Gasteiger partial charge in [-0.2, -0.15) is 0 Å². The molecule has 0 saturated carbocycles. The smallest absolute Gasteiger partial charge is 0.246 e. The van der Waals surface area contributed by atoms with Gasteiger partial charge in [-0.1, -0.05) is 52.8 Å². The van der Waals surface area contributed by atoms with E-state index in [1.165, 1.54) is 19.0 Å². The first-order valence-corrected chi connectivity index (χ1v) is 13.8. The third-order valence-electron chi connectivity index (χ3n) is 5.33. The second kappa shape index (κ2) is 16.1. The number of rotatable bonds is 11. The molecule has 0 spiro atoms. The van der Waals surface area contributed by atoms with E-state index in [9.17, 15) is 9.59 Å². The second-order valence-corrected chi connectivity index (χ2v) is 10.9. The lowest BCUT2D eigenvalue weighted by Crippen LogP contribution is -2.26. The van der Waals surface area contributed by atoms with Crippen molar-refractivity contribution in [3.63, 3.8) is 0 Å². The molecule has 2 amide bonds. The molecule has 0 aromatic heterocycles. The molecule has 2 rings (SSSR count). The number of amides is 2. The summed E-state index contributed by atoms with van der Waals surface area (Å²) in [5, 5.41) is 9.75. The molecule has 0 saturated heterocycles. The minimum Gasteiger partial charge on any atom is -0.377 e. The number of anilines is 2. The van der Waals surface area contributed by atoms with Crippen molar-refractivity contribution in [1.82, 2.24) is 5.32 Å². The lowest BCUT2D eigenvalue weighted by atomic mass is 9.99. The Kier molecular flexibility index (Phi) is 14.3. The predicted octanol–water partition coefficient (Wildman–Crippen LogP) is 6.59. The number of benzene rings is 1. The molecule has 2 atom stereocenters. The van der Waals surface area contributed by atoms with Crippen LogP contribution in [0.15, 0.2) is 29.8 Å². The molecular formula is C24H39ClN3O2P. The molecule has 5 nitrogen and oxygen atoms in total. The molecule has 0 aliphatic heterocycles. The standard InChI is InChI=1S/C13H20ClN2OP.C11H19NO/c1-4-13(18(3)5-2)16-12-8-10(15-9-17)6-7-11(12)14;1-2-3-9-12-11(13)10-7-5-4-6-8-10/h6-9,13,16H,4-5H2,1-3H3,(H,15,17);7H,2-6,8-9H2,1H3,(H,12,13). The van der Waals surface area contributed by atoms with E-state index >= 15 is 0 Å². The van der Waals surface area contributed by atoms with Crippen molar-refractivity contribution >= 4 is 43.2 Å². The van der Waals surface area contributed by atoms with E-state index in [0.717, 1.165) is 55.6 Å². The Morgan fingerprint density at radius 3 is 2.61 bits per heavy atom. The fourth-order valence-corrected chi connectivity index (χ4v) is 4.85. The highest BCUT2D eigenvalue weighted by Crippen LogP contribution is 2.40. The van der Waals surface area contributed by atoms with Crippen molar-refractivity contribution in [2.75, 3.05) is 30.0 Å². The normalized spacial score (nSPS) is 14.9. The molecule has 7 heteroatoms. The van der Waals surface area contributed by atoms with Gasteiger partial charge in [0.2, 0.25) is 12.3 Å². The highest BCUT2D eigenvalue weighted by molar-refractivity contribution is 7.57. The van der Waals surface area contributed by atoms with E-state index < -0.39 is 0 Å². The van der Waals surface area contributed by atoms with Crippen LogP contribution in [0.4, 0.5) is 11.4 Å². The monoisotopic (exact) mass is 467 g/mol. The van der Waals surface area contributed by atoms with Gasteiger partial charge < -0.3 is 16.0 Å². The van der Waals surface area contributed by atoms with Gasteiger partial charge in [0.25, 0.3) is 0 Å². The number of allylic oxidation sites excluding steroid dienone is 1. The van der Waals surface area contributed by atoms with Crippen LogP contribution in [0.1, 0.15) is 65.7 Å². The summed E-state index contributed by atoms with van der Waals surface area (Å²) in [6.45, 7) is 9.63. The van der Waals surface area contributed by atoms with Crippen LogP contribution >= 0.6 is 19.5 Å². The molecule has 0 bridgehead atoms. The maximum Gasteiger partial charge on any atom is 0.246 e. The number of halogens is 1. The lowest BCUT2D eigenvalue weighted by Gasteiger charge is -2.25. The quantitative estimate of drug-likeness (QED) is 0.195. The molecular weight excluding hydrogens is 429 g/mol. The second-order valence-electron chi connectivity index (χ2n) is 7.68. The molecule has 1 aliphatic rings. The highest BCUT2D eigenvalue weighted by atomic mass is 35.5. The van der Waals surface area contributed by atoms with Gasteiger partial charge >= 0.3 is 0 Å². The van der Waals surface area contributed by atoms with E-state index in [1.807, 2.05) is 6.07 Å². The minimum absolute atomic E-state index is 0.0552. The maximum atomic E-state index is 11.5. The molecule has 0 radical (unpaired) electrons. The molecule has 1 aromatic rings. The van der Waals surface area contributed by atoms with Crippen molar-refractivity contribution in [3.8, 4) is 0 Å². The van der Waals surface area contributed by atoms with E-state index in [0.29, 0.717) is 17.2 Å². The molecule has 3 N–H and O–H groups in total. The van der Waals surface area contributed by atoms with Gasteiger partial charge in [-0.15, -0.1) is 0 Å². The van der Waals surface area contributed by atoms with Gasteiger partial charge in [0.15, 0.2) is 0 Å². The van der Waals surface area contributed by atoms with Crippen LogP contribution in [0.25, 0.3) is 0 Å². The molecule has 174 valence electrons. The third-order valence-corrected chi connectivity index (χ3v) is 8.22. The number of carbonyl (C=O) groups excluding carboxylic acids is 2. The van der Waals surface area contributed by atoms with Gasteiger partial charge in [-0.3, -0.25) is 9.59 Å². The molecule has 31 heavy (non-hydrogen) atoms. The first kappa shape index (κ1) is 27.5. The average Bonchev–Trinajstić information content (AvgIpc) is 2.80. The van der Waals surface area contributed by atoms with Crippen molar-refractivity contribution in [2.45, 2.75) is 71.5 Å². The summed E-state index contributed by atoms with van der Waals surface area (Å²) in [5.74, 6) is 0.613. The summed E-state index contributed by atoms with van der Waals surface area (Å²) in [4.78, 5) is 21.9. The zero-order valence-corrected chi connectivity index (χ0v) is 21.1. The minimum atomic E-state index is -0.0552. The number of hydrogen-bond donors (Lipinski definition) is 3. The van der Waals surface area contributed by atoms with E-state index in [-0.39, 0.29) is 13.8 Å². The van der Waals surface area contributed by atoms with E-state index in [1.54, 1.807) is 12.1 Å². The van der Waals surface area contributed by atoms with Gasteiger partial charge in [0.1, 0.15) is 0 Å². The molecule has 0 heterocycles. The van der Waals surface area contributed by atoms with Crippen LogP contribution in [0.2, 0.25) is 5.02 Å². The average molecular weight is 468 g/mol. The molecule has 1 aromatic carbocycles. The van der Waals surface area contributed by atoms with Crippen molar-refractivity contribution in [3.05, 3.63) is 34.9 Å². The Morgan fingerprint density at radius 1 is 1.26 bits per heavy atom. The van der Waals surface area contributed by atoms with Gasteiger partial charge in [0, 0.05) is 23.6 Å². The van der Waals surface area contributed by atoms with Crippen LogP contribution in [-0.2, 0) is 9.59 Å². The molecule has 0 fully saturated rings. The molecule has 1 aliphatic carbocycles. The maximum absolute atomic E-state index is 11.5. The largest absolute Gasteiger partial charge is 0.377 e. The Hall–Kier alpha value is -1.58. The molecule has 2 unspecified atom stereocenters. The van der Waals surface area contributed by atoms with Crippen LogP contribution in [-0.4, -0.2) is 37.5 Å². The number of unbranched alkanes of at least 4 members (excludes halogenated alkanes) is 1. The summed E-state index contributed by atoms with van der Waals surface area (Å²) in [6.07, 6.45) is 11.7. The Labute approximate surface area is 194 Å². The fraction of sp³-hybridized carbons (Fsp3) is 0.583. The third kappa shape index (κ3) is 10.5. The SMILES string of the molecule is CCC(Nc1cc(NC=O)ccc1Cl)P(C)CC.CCCCNC(=O)C1=CCCCC1. The summed E-state index contributed by atoms with van der Waals surface area (Å²) in [7, 11) is -0.0552. The summed E-state index contributed by atoms with van der Waals surface area (Å²) in [6, 6.07) is 5.46. The topological polar surface area (TPSA) is 70.2 Å². The van der Waals surface area contributed by atoms with Crippen molar-refractivity contribution in [2.24, 2.45) is 0 Å². The predicted molar refractivity (Wildman–Crippen MR) is 137 cm³/mol. The number of hydrogen-bond acceptors (Lipinski definition) is 3. The van der Waals surface area contributed by atoms with Crippen molar-refractivity contribution < 1.29 is 9.59 Å². The number of nitrogens with one attached hydrogen (secondary N) is 3. The van der Waals surface area contributed by atoms with Crippen molar-refractivity contribution in [1.29, 1.82) is 0 Å². The Morgan fingerprint density at radius 2 is 2.03 bits per heavy atom. The Balaban J connectivity index is 0.000000327. The summed E-state index contributed by atoms with van der Waals surface area (Å²) < 4.78 is 0. The summed E-state index contributed by atoms with van der Waals surface area (Å²) >= 11 is 6.17. The van der Waals surface area contributed by atoms with Gasteiger partial charge in [-0.25, -0.2) is 0 Å². The van der Waals surface area contributed by atoms with Crippen LogP contribution in [0, 0.1) is 0 Å². The van der Waals surface area contributed by atoms with Crippen LogP contribution < -0.4 is 16.0 Å². The highest BCUT2D eigenvalue weighted by Gasteiger charge is 2.14. The van der Waals surface area contributed by atoms with Crippen LogP contribution in [0.3, 0.4) is 0 Å². The zero-order valence-electron chi connectivity index (χ0n) is 19.5. The fourth-order valence-electron chi connectivity index (χ4n) is 3.25. The first-order valence-electron chi connectivity index (χ1n) is 11.4. The Bertz CT molecular complexity index is 712. The van der Waals surface area contributed by atoms with E-state index in [2.05, 4.69) is 49.5 Å². The van der Waals surface area contributed by atoms with Gasteiger partial charge in [-0.05, 0) is 69.6 Å². The first-order chi connectivity index (χ1) is 15.0. The lowest BCUT2D eigenvalue weighted by molar-refractivity contribution is -0.117. The summed E-state index contributed by atoms with van der Waals surface area (Å²) in [5.41, 5.74) is 2.64. The number of carbonyl (C=O) groups is 2. The zero-order chi connectivity index (χ0) is 23.1. The van der Waals surface area contributed by atoms with E-state index in [4.69, 9.17) is 11.6 Å².